The van der Waals surface area contributed by atoms with E-state index in [4.69, 9.17) is 5.11 Å². The quantitative estimate of drug-likeness (QED) is 0.746. The van der Waals surface area contributed by atoms with Crippen molar-refractivity contribution in [2.45, 2.75) is 32.1 Å². The lowest BCUT2D eigenvalue weighted by Crippen LogP contribution is -2.27. The van der Waals surface area contributed by atoms with Crippen LogP contribution in [0.2, 0.25) is 0 Å². The van der Waals surface area contributed by atoms with E-state index in [-0.39, 0.29) is 5.92 Å². The molecule has 2 atom stereocenters. The Morgan fingerprint density at radius 3 is 2.36 bits per heavy atom. The summed E-state index contributed by atoms with van der Waals surface area (Å²) >= 11 is 0. The number of aliphatic carboxylic acids is 1. The SMILES string of the molecule is O=C(O)C1CC1CN1CCCCCC1. The van der Waals surface area contributed by atoms with Crippen LogP contribution in [0.3, 0.4) is 0 Å². The zero-order chi connectivity index (χ0) is 9.97. The van der Waals surface area contributed by atoms with E-state index in [9.17, 15) is 4.79 Å². The molecule has 1 aliphatic heterocycles. The summed E-state index contributed by atoms with van der Waals surface area (Å²) in [6, 6.07) is 0. The first kappa shape index (κ1) is 9.97. The highest BCUT2D eigenvalue weighted by molar-refractivity contribution is 5.73. The summed E-state index contributed by atoms with van der Waals surface area (Å²) < 4.78 is 0. The average Bonchev–Trinajstić information content (AvgIpc) is 2.90. The van der Waals surface area contributed by atoms with Gasteiger partial charge in [0.25, 0.3) is 0 Å². The minimum absolute atomic E-state index is 0.0294. The summed E-state index contributed by atoms with van der Waals surface area (Å²) in [6.45, 7) is 3.39. The molecule has 1 N–H and O–H groups in total. The van der Waals surface area contributed by atoms with Gasteiger partial charge < -0.3 is 10.0 Å². The number of carboxylic acid groups (broad SMARTS) is 1. The molecule has 2 rings (SSSR count). The number of hydrogen-bond acceptors (Lipinski definition) is 2. The van der Waals surface area contributed by atoms with Crippen molar-refractivity contribution in [1.82, 2.24) is 4.90 Å². The molecule has 0 spiro atoms. The molecule has 1 saturated heterocycles. The lowest BCUT2D eigenvalue weighted by atomic mass is 10.2. The fourth-order valence-electron chi connectivity index (χ4n) is 2.40. The number of nitrogens with zero attached hydrogens (tertiary/aromatic N) is 1. The molecule has 2 aliphatic rings. The van der Waals surface area contributed by atoms with Gasteiger partial charge in [0, 0.05) is 6.54 Å². The summed E-state index contributed by atoms with van der Waals surface area (Å²) in [5, 5.41) is 8.79. The molecule has 2 fully saturated rings. The highest BCUT2D eigenvalue weighted by Gasteiger charge is 2.43. The van der Waals surface area contributed by atoms with E-state index in [2.05, 4.69) is 4.90 Å². The zero-order valence-corrected chi connectivity index (χ0v) is 8.61. The van der Waals surface area contributed by atoms with Crippen molar-refractivity contribution < 1.29 is 9.90 Å². The predicted octanol–water partition coefficient (Wildman–Crippen LogP) is 1.58. The van der Waals surface area contributed by atoms with Gasteiger partial charge in [0.2, 0.25) is 0 Å². The Bertz CT molecular complexity index is 209. The average molecular weight is 197 g/mol. The van der Waals surface area contributed by atoms with Crippen molar-refractivity contribution in [1.29, 1.82) is 0 Å². The highest BCUT2D eigenvalue weighted by Crippen LogP contribution is 2.39. The monoisotopic (exact) mass is 197 g/mol. The topological polar surface area (TPSA) is 40.5 Å². The van der Waals surface area contributed by atoms with Gasteiger partial charge in [0.15, 0.2) is 0 Å². The van der Waals surface area contributed by atoms with E-state index < -0.39 is 5.97 Å². The van der Waals surface area contributed by atoms with Crippen LogP contribution >= 0.6 is 0 Å². The number of carboxylic acids is 1. The summed E-state index contributed by atoms with van der Waals surface area (Å²) in [5.74, 6) is -0.173. The van der Waals surface area contributed by atoms with Crippen molar-refractivity contribution in [3.63, 3.8) is 0 Å². The lowest BCUT2D eigenvalue weighted by Gasteiger charge is -2.19. The third kappa shape index (κ3) is 2.47. The zero-order valence-electron chi connectivity index (χ0n) is 8.61. The first-order chi connectivity index (χ1) is 6.77. The fraction of sp³-hybridized carbons (Fsp3) is 0.909. The smallest absolute Gasteiger partial charge is 0.306 e. The van der Waals surface area contributed by atoms with E-state index in [0.717, 1.165) is 13.0 Å². The first-order valence-corrected chi connectivity index (χ1v) is 5.72. The van der Waals surface area contributed by atoms with Crippen LogP contribution < -0.4 is 0 Å². The lowest BCUT2D eigenvalue weighted by molar-refractivity contribution is -0.138. The van der Waals surface area contributed by atoms with E-state index in [1.807, 2.05) is 0 Å². The van der Waals surface area contributed by atoms with Gasteiger partial charge in [-0.1, -0.05) is 12.8 Å². The van der Waals surface area contributed by atoms with Gasteiger partial charge in [-0.3, -0.25) is 4.79 Å². The van der Waals surface area contributed by atoms with Crippen molar-refractivity contribution in [3.05, 3.63) is 0 Å². The van der Waals surface area contributed by atoms with Gasteiger partial charge in [-0.05, 0) is 38.3 Å². The maximum absolute atomic E-state index is 10.7. The second-order valence-corrected chi connectivity index (χ2v) is 4.66. The normalized spacial score (nSPS) is 33.7. The predicted molar refractivity (Wildman–Crippen MR) is 54.1 cm³/mol. The van der Waals surface area contributed by atoms with Crippen LogP contribution in [-0.4, -0.2) is 35.6 Å². The summed E-state index contributed by atoms with van der Waals surface area (Å²) in [4.78, 5) is 13.1. The molecule has 3 heteroatoms. The second-order valence-electron chi connectivity index (χ2n) is 4.66. The number of rotatable bonds is 3. The molecular formula is C11H19NO2. The van der Waals surface area contributed by atoms with E-state index in [1.54, 1.807) is 0 Å². The summed E-state index contributed by atoms with van der Waals surface area (Å²) in [7, 11) is 0. The van der Waals surface area contributed by atoms with Crippen LogP contribution in [0.5, 0.6) is 0 Å². The van der Waals surface area contributed by atoms with Crippen molar-refractivity contribution in [2.24, 2.45) is 11.8 Å². The molecule has 0 amide bonds. The maximum Gasteiger partial charge on any atom is 0.306 e. The molecule has 2 unspecified atom stereocenters. The van der Waals surface area contributed by atoms with Crippen molar-refractivity contribution in [3.8, 4) is 0 Å². The number of likely N-dealkylation sites (tertiary alicyclic amines) is 1. The largest absolute Gasteiger partial charge is 0.481 e. The molecular weight excluding hydrogens is 178 g/mol. The number of hydrogen-bond donors (Lipinski definition) is 1. The molecule has 0 aromatic heterocycles. The molecule has 1 aliphatic carbocycles. The molecule has 0 bridgehead atoms. The molecule has 14 heavy (non-hydrogen) atoms. The van der Waals surface area contributed by atoms with Crippen molar-refractivity contribution >= 4 is 5.97 Å². The van der Waals surface area contributed by atoms with Gasteiger partial charge in [-0.15, -0.1) is 0 Å². The Hall–Kier alpha value is -0.570. The molecule has 80 valence electrons. The highest BCUT2D eigenvalue weighted by atomic mass is 16.4. The third-order valence-corrected chi connectivity index (χ3v) is 3.43. The Kier molecular flexibility index (Phi) is 3.06. The molecule has 0 aromatic carbocycles. The third-order valence-electron chi connectivity index (χ3n) is 3.43. The first-order valence-electron chi connectivity index (χ1n) is 5.72. The van der Waals surface area contributed by atoms with Gasteiger partial charge >= 0.3 is 5.97 Å². The van der Waals surface area contributed by atoms with Gasteiger partial charge in [0.05, 0.1) is 5.92 Å². The minimum atomic E-state index is -0.593. The standard InChI is InChI=1S/C11H19NO2/c13-11(14)10-7-9(10)8-12-5-3-1-2-4-6-12/h9-10H,1-8H2,(H,13,14). The van der Waals surface area contributed by atoms with Crippen LogP contribution in [-0.2, 0) is 4.79 Å². The molecule has 1 heterocycles. The van der Waals surface area contributed by atoms with Crippen LogP contribution in [0, 0.1) is 11.8 Å². The summed E-state index contributed by atoms with van der Waals surface area (Å²) in [5.41, 5.74) is 0. The minimum Gasteiger partial charge on any atom is -0.481 e. The number of carbonyl (C=O) groups is 1. The molecule has 0 aromatic rings. The van der Waals surface area contributed by atoms with Crippen molar-refractivity contribution in [2.75, 3.05) is 19.6 Å². The van der Waals surface area contributed by atoms with E-state index in [1.165, 1.54) is 38.8 Å². The molecule has 1 saturated carbocycles. The van der Waals surface area contributed by atoms with Crippen LogP contribution in [0.4, 0.5) is 0 Å². The van der Waals surface area contributed by atoms with Gasteiger partial charge in [-0.25, -0.2) is 0 Å². The Morgan fingerprint density at radius 2 is 1.86 bits per heavy atom. The van der Waals surface area contributed by atoms with Gasteiger partial charge in [-0.2, -0.15) is 0 Å². The Morgan fingerprint density at radius 1 is 1.21 bits per heavy atom. The Balaban J connectivity index is 1.72. The molecule has 3 nitrogen and oxygen atoms in total. The van der Waals surface area contributed by atoms with E-state index >= 15 is 0 Å². The van der Waals surface area contributed by atoms with E-state index in [0.29, 0.717) is 5.92 Å². The maximum atomic E-state index is 10.7. The van der Waals surface area contributed by atoms with Crippen LogP contribution in [0.15, 0.2) is 0 Å². The summed E-state index contributed by atoms with van der Waals surface area (Å²) in [6.07, 6.45) is 6.20. The fourth-order valence-corrected chi connectivity index (χ4v) is 2.40. The Labute approximate surface area is 85.1 Å². The van der Waals surface area contributed by atoms with Crippen LogP contribution in [0.1, 0.15) is 32.1 Å². The second kappa shape index (κ2) is 4.30. The van der Waals surface area contributed by atoms with Gasteiger partial charge in [0.1, 0.15) is 0 Å². The van der Waals surface area contributed by atoms with Crippen LogP contribution in [0.25, 0.3) is 0 Å². The molecule has 0 radical (unpaired) electrons.